The number of amides is 2. The van der Waals surface area contributed by atoms with E-state index in [1.54, 1.807) is 29.0 Å². The van der Waals surface area contributed by atoms with Gasteiger partial charge >= 0.3 is 0 Å². The van der Waals surface area contributed by atoms with Gasteiger partial charge in [-0.1, -0.05) is 18.5 Å². The highest BCUT2D eigenvalue weighted by atomic mass is 35.5. The molecule has 7 nitrogen and oxygen atoms in total. The number of benzene rings is 1. The van der Waals surface area contributed by atoms with Crippen LogP contribution in [-0.4, -0.2) is 67.3 Å². The van der Waals surface area contributed by atoms with E-state index < -0.39 is 20.0 Å². The predicted octanol–water partition coefficient (Wildman–Crippen LogP) is 2.49. The number of anilines is 1. The van der Waals surface area contributed by atoms with Crippen molar-refractivity contribution in [2.24, 2.45) is 5.92 Å². The molecule has 31 heavy (non-hydrogen) atoms. The summed E-state index contributed by atoms with van der Waals surface area (Å²) >= 11 is 6.28. The molecule has 2 fully saturated rings. The molecule has 3 aliphatic rings. The van der Waals surface area contributed by atoms with Crippen LogP contribution in [0.25, 0.3) is 0 Å². The summed E-state index contributed by atoms with van der Waals surface area (Å²) in [6.45, 7) is 6.16. The molecule has 2 N–H and O–H groups in total. The second-order valence-corrected chi connectivity index (χ2v) is 14.1. The fraction of sp³-hybridized carbons (Fsp3) is 0.636. The molecule has 0 aromatic heterocycles. The Morgan fingerprint density at radius 3 is 2.74 bits per heavy atom. The Kier molecular flexibility index (Phi) is 5.75. The largest absolute Gasteiger partial charge is 0.432 e. The number of nitrogens with zero attached hydrogens (tertiary/aromatic N) is 2. The van der Waals surface area contributed by atoms with Crippen molar-refractivity contribution in [2.75, 3.05) is 25.1 Å². The maximum Gasteiger partial charge on any atom is 0.264 e. The second-order valence-electron chi connectivity index (χ2n) is 9.66. The molecular weight excluding hydrogens is 436 g/mol. The monoisotopic (exact) mass is 466 g/mol. The molecule has 1 aromatic rings. The van der Waals surface area contributed by atoms with Gasteiger partial charge in [0.05, 0.1) is 30.9 Å². The third-order valence-corrected chi connectivity index (χ3v) is 10.1. The molecule has 3 aliphatic heterocycles. The van der Waals surface area contributed by atoms with E-state index in [2.05, 4.69) is 0 Å². The van der Waals surface area contributed by atoms with Crippen LogP contribution in [0.5, 0.6) is 0 Å². The molecule has 5 atom stereocenters. The van der Waals surface area contributed by atoms with E-state index in [0.717, 1.165) is 18.5 Å². The van der Waals surface area contributed by atoms with Gasteiger partial charge in [-0.05, 0) is 44.1 Å². The highest BCUT2D eigenvalue weighted by Gasteiger charge is 2.66. The van der Waals surface area contributed by atoms with Crippen LogP contribution in [0, 0.1) is 5.92 Å². The molecule has 0 unspecified atom stereocenters. The van der Waals surface area contributed by atoms with Crippen molar-refractivity contribution in [2.45, 2.75) is 62.6 Å². The molecule has 0 bridgehead atoms. The number of likely N-dealkylation sites (tertiary alicyclic amines) is 1. The fourth-order valence-corrected chi connectivity index (χ4v) is 8.72. The molecule has 170 valence electrons. The lowest BCUT2D eigenvalue weighted by atomic mass is 9.82. The van der Waals surface area contributed by atoms with Gasteiger partial charge in [-0.2, -0.15) is 0 Å². The van der Waals surface area contributed by atoms with Crippen LogP contribution < -0.4 is 4.90 Å². The van der Waals surface area contributed by atoms with E-state index in [-0.39, 0.29) is 42.3 Å². The SMILES string of the molecule is C[C@@H]1[C@@H]([Si](C)(C)O)[C@H](CC(=O)N2CCC[C@H]2CO)O[C@@]12C(=O)N(C)c1ccc(Cl)cc12. The van der Waals surface area contributed by atoms with Gasteiger partial charge in [0.25, 0.3) is 5.91 Å². The molecular formula is C22H31ClN2O5Si. The molecule has 2 saturated heterocycles. The first-order valence-electron chi connectivity index (χ1n) is 10.9. The van der Waals surface area contributed by atoms with Crippen LogP contribution in [0.15, 0.2) is 18.2 Å². The number of carbonyl (C=O) groups is 2. The molecule has 1 aromatic carbocycles. The van der Waals surface area contributed by atoms with Gasteiger partial charge in [-0.25, -0.2) is 0 Å². The van der Waals surface area contributed by atoms with Gasteiger partial charge < -0.3 is 24.4 Å². The first-order valence-corrected chi connectivity index (χ1v) is 14.3. The summed E-state index contributed by atoms with van der Waals surface area (Å²) in [7, 11) is -1.10. The average molecular weight is 467 g/mol. The summed E-state index contributed by atoms with van der Waals surface area (Å²) in [5.74, 6) is -0.608. The maximum atomic E-state index is 13.5. The average Bonchev–Trinajstić information content (AvgIpc) is 3.33. The summed E-state index contributed by atoms with van der Waals surface area (Å²) in [5, 5.41) is 10.1. The molecule has 0 saturated carbocycles. The zero-order chi connectivity index (χ0) is 22.7. The van der Waals surface area contributed by atoms with Crippen LogP contribution in [0.3, 0.4) is 0 Å². The van der Waals surface area contributed by atoms with Crippen molar-refractivity contribution in [1.29, 1.82) is 0 Å². The van der Waals surface area contributed by atoms with Crippen molar-refractivity contribution >= 4 is 37.4 Å². The number of fused-ring (bicyclic) bond motifs is 2. The highest BCUT2D eigenvalue weighted by Crippen LogP contribution is 2.59. The quantitative estimate of drug-likeness (QED) is 0.665. The number of ether oxygens (including phenoxy) is 1. The van der Waals surface area contributed by atoms with Crippen molar-refractivity contribution in [1.82, 2.24) is 4.90 Å². The minimum absolute atomic E-state index is 0.0591. The molecule has 0 aliphatic carbocycles. The van der Waals surface area contributed by atoms with Crippen molar-refractivity contribution < 1.29 is 24.2 Å². The predicted molar refractivity (Wildman–Crippen MR) is 120 cm³/mol. The Hall–Kier alpha value is -1.45. The maximum absolute atomic E-state index is 13.5. The van der Waals surface area contributed by atoms with Gasteiger partial charge in [0.2, 0.25) is 5.91 Å². The first kappa shape index (κ1) is 22.7. The molecule has 4 rings (SSSR count). The van der Waals surface area contributed by atoms with Gasteiger partial charge in [-0.15, -0.1) is 0 Å². The Labute approximate surface area is 189 Å². The van der Waals surface area contributed by atoms with Gasteiger partial charge in [0.15, 0.2) is 13.9 Å². The Morgan fingerprint density at radius 2 is 2.10 bits per heavy atom. The molecule has 0 radical (unpaired) electrons. The minimum atomic E-state index is -2.81. The number of aliphatic hydroxyl groups is 1. The summed E-state index contributed by atoms with van der Waals surface area (Å²) in [5.41, 5.74) is -0.135. The van der Waals surface area contributed by atoms with Crippen LogP contribution >= 0.6 is 11.6 Å². The Balaban J connectivity index is 1.73. The first-order chi connectivity index (χ1) is 14.5. The zero-order valence-corrected chi connectivity index (χ0v) is 20.2. The molecule has 3 heterocycles. The van der Waals surface area contributed by atoms with E-state index in [4.69, 9.17) is 16.3 Å². The topological polar surface area (TPSA) is 90.3 Å². The van der Waals surface area contributed by atoms with Crippen LogP contribution in [0.4, 0.5) is 5.69 Å². The van der Waals surface area contributed by atoms with Crippen molar-refractivity contribution in [3.63, 3.8) is 0 Å². The highest BCUT2D eigenvalue weighted by molar-refractivity contribution is 6.71. The number of halogens is 1. The molecule has 9 heteroatoms. The minimum Gasteiger partial charge on any atom is -0.432 e. The van der Waals surface area contributed by atoms with E-state index in [1.165, 1.54) is 0 Å². The Morgan fingerprint density at radius 1 is 1.39 bits per heavy atom. The number of likely N-dealkylation sites (N-methyl/N-ethyl adjacent to an activating group) is 1. The number of hydrogen-bond donors (Lipinski definition) is 2. The van der Waals surface area contributed by atoms with E-state index in [0.29, 0.717) is 17.1 Å². The third-order valence-electron chi connectivity index (χ3n) is 7.36. The number of aliphatic hydroxyl groups excluding tert-OH is 1. The lowest BCUT2D eigenvalue weighted by Gasteiger charge is -2.32. The van der Waals surface area contributed by atoms with Crippen LogP contribution in [0.2, 0.25) is 23.7 Å². The fourth-order valence-electron chi connectivity index (χ4n) is 6.00. The molecule has 2 amide bonds. The lowest BCUT2D eigenvalue weighted by Crippen LogP contribution is -2.45. The smallest absolute Gasteiger partial charge is 0.264 e. The van der Waals surface area contributed by atoms with Crippen LogP contribution in [0.1, 0.15) is 31.7 Å². The summed E-state index contributed by atoms with van der Waals surface area (Å²) < 4.78 is 6.54. The van der Waals surface area contributed by atoms with Crippen LogP contribution in [-0.2, 0) is 19.9 Å². The standard InChI is InChI=1S/C22H31ClN2O5Si/c1-13-20(31(3,4)29)18(11-19(27)25-9-5-6-15(25)12-26)30-22(13)16-10-14(23)7-8-17(16)24(2)21(22)28/h7-8,10,13,15,18,20,26,29H,5-6,9,11-12H2,1-4H3/t13-,15+,18+,20-,22+/m1/s1. The van der Waals surface area contributed by atoms with Gasteiger partial charge in [-0.3, -0.25) is 9.59 Å². The van der Waals surface area contributed by atoms with Crippen molar-refractivity contribution in [3.05, 3.63) is 28.8 Å². The normalized spacial score (nSPS) is 32.9. The number of hydrogen-bond acceptors (Lipinski definition) is 5. The lowest BCUT2D eigenvalue weighted by molar-refractivity contribution is -0.149. The molecule has 1 spiro atoms. The van der Waals surface area contributed by atoms with E-state index >= 15 is 0 Å². The second kappa shape index (κ2) is 7.85. The number of carbonyl (C=O) groups excluding carboxylic acids is 2. The summed E-state index contributed by atoms with van der Waals surface area (Å²) in [6.07, 6.45) is 1.14. The zero-order valence-electron chi connectivity index (χ0n) is 18.5. The van der Waals surface area contributed by atoms with Crippen molar-refractivity contribution in [3.8, 4) is 0 Å². The van der Waals surface area contributed by atoms with Gasteiger partial charge in [0, 0.05) is 35.6 Å². The summed E-state index contributed by atoms with van der Waals surface area (Å²) in [4.78, 5) is 41.2. The van der Waals surface area contributed by atoms with E-state index in [1.807, 2.05) is 26.1 Å². The van der Waals surface area contributed by atoms with E-state index in [9.17, 15) is 19.5 Å². The third kappa shape index (κ3) is 3.43. The summed E-state index contributed by atoms with van der Waals surface area (Å²) in [6, 6.07) is 5.15. The number of rotatable bonds is 4. The van der Waals surface area contributed by atoms with Gasteiger partial charge in [0.1, 0.15) is 0 Å². The Bertz CT molecular complexity index is 906.